The molecule has 6 rings (SSSR count). The Bertz CT molecular complexity index is 1760. The number of carbonyl (C=O) groups is 3. The predicted octanol–water partition coefficient (Wildman–Crippen LogP) is 6.32. The molecular weight excluding hydrogens is 562 g/mol. The van der Waals surface area contributed by atoms with Crippen LogP contribution in [0.1, 0.15) is 79.3 Å². The number of carbonyl (C=O) groups excluding carboxylic acids is 2. The highest BCUT2D eigenvalue weighted by Gasteiger charge is 2.45. The number of carboxylic acid groups (broad SMARTS) is 1. The number of nitrogens with two attached hydrogens (primary N) is 1. The summed E-state index contributed by atoms with van der Waals surface area (Å²) in [6.45, 7) is 1.53. The van der Waals surface area contributed by atoms with Crippen molar-refractivity contribution in [2.75, 3.05) is 11.1 Å². The van der Waals surface area contributed by atoms with Crippen LogP contribution in [0.4, 0.5) is 10.8 Å². The van der Waals surface area contributed by atoms with Crippen LogP contribution in [0.15, 0.2) is 53.4 Å². The molecule has 2 aromatic heterocycles. The zero-order valence-corrected chi connectivity index (χ0v) is 25.1. The zero-order valence-electron chi connectivity index (χ0n) is 24.3. The van der Waals surface area contributed by atoms with Crippen LogP contribution in [-0.2, 0) is 16.6 Å². The van der Waals surface area contributed by atoms with Gasteiger partial charge in [-0.3, -0.25) is 9.59 Å². The van der Waals surface area contributed by atoms with E-state index in [2.05, 4.69) is 20.2 Å². The summed E-state index contributed by atoms with van der Waals surface area (Å²) < 4.78 is 2.12. The fourth-order valence-electron chi connectivity index (χ4n) is 6.39. The van der Waals surface area contributed by atoms with Crippen molar-refractivity contribution in [3.05, 3.63) is 70.1 Å². The number of amides is 2. The fourth-order valence-corrected chi connectivity index (χ4v) is 6.94. The molecule has 2 heterocycles. The number of hydrogen-bond acceptors (Lipinski definition) is 6. The number of carboxylic acids is 1. The van der Waals surface area contributed by atoms with E-state index in [0.717, 1.165) is 47.1 Å². The van der Waals surface area contributed by atoms with Crippen LogP contribution >= 0.6 is 11.3 Å². The van der Waals surface area contributed by atoms with Gasteiger partial charge in [-0.05, 0) is 86.4 Å². The molecule has 0 saturated heterocycles. The molecule has 4 aromatic rings. The van der Waals surface area contributed by atoms with Gasteiger partial charge in [0.15, 0.2) is 5.13 Å². The Kier molecular flexibility index (Phi) is 7.56. The third-order valence-electron chi connectivity index (χ3n) is 8.91. The second-order valence-electron chi connectivity index (χ2n) is 11.7. The van der Waals surface area contributed by atoms with Crippen molar-refractivity contribution < 1.29 is 19.5 Å². The second-order valence-corrected chi connectivity index (χ2v) is 12.6. The summed E-state index contributed by atoms with van der Waals surface area (Å²) >= 11 is 1.43. The summed E-state index contributed by atoms with van der Waals surface area (Å²) in [5.74, 6) is -1.09. The Hall–Kier alpha value is -4.44. The minimum absolute atomic E-state index is 0.222. The summed E-state index contributed by atoms with van der Waals surface area (Å²) in [7, 11) is 2.01. The third-order valence-corrected chi connectivity index (χ3v) is 9.59. The third kappa shape index (κ3) is 5.43. The van der Waals surface area contributed by atoms with Crippen molar-refractivity contribution in [3.8, 4) is 11.4 Å². The molecule has 0 spiro atoms. The Labute approximate surface area is 253 Å². The smallest absolute Gasteiger partial charge is 0.331 e. The van der Waals surface area contributed by atoms with Crippen molar-refractivity contribution in [2.45, 2.75) is 63.3 Å². The average Bonchev–Trinajstić information content (AvgIpc) is 3.71. The van der Waals surface area contributed by atoms with Crippen LogP contribution in [0.5, 0.6) is 0 Å². The number of aromatic nitrogens is 2. The molecule has 0 aliphatic heterocycles. The SMILES string of the molecule is C/C(=C\c1ccc(NC(=O)C2(NC(=O)c3ccc4c(C5CCCC5)c(-c5csc(N)n5)n(C)c4c3)CCC2)cc1)C(=O)O. The first-order chi connectivity index (χ1) is 20.6. The van der Waals surface area contributed by atoms with Crippen LogP contribution in [0.3, 0.4) is 0 Å². The minimum Gasteiger partial charge on any atom is -0.478 e. The number of anilines is 2. The normalized spacial score (nSPS) is 16.7. The van der Waals surface area contributed by atoms with E-state index in [0.29, 0.717) is 35.1 Å². The van der Waals surface area contributed by atoms with Crippen molar-refractivity contribution in [2.24, 2.45) is 7.05 Å². The van der Waals surface area contributed by atoms with Gasteiger partial charge in [-0.15, -0.1) is 11.3 Å². The molecule has 43 heavy (non-hydrogen) atoms. The van der Waals surface area contributed by atoms with Gasteiger partial charge in [0.2, 0.25) is 5.91 Å². The molecule has 2 amide bonds. The van der Waals surface area contributed by atoms with Crippen LogP contribution < -0.4 is 16.4 Å². The molecule has 5 N–H and O–H groups in total. The van der Waals surface area contributed by atoms with Crippen LogP contribution in [-0.4, -0.2) is 38.0 Å². The summed E-state index contributed by atoms with van der Waals surface area (Å²) in [5.41, 5.74) is 11.2. The number of rotatable bonds is 8. The molecule has 2 fully saturated rings. The van der Waals surface area contributed by atoms with Gasteiger partial charge in [0.1, 0.15) is 11.2 Å². The van der Waals surface area contributed by atoms with Gasteiger partial charge in [-0.25, -0.2) is 9.78 Å². The standard InChI is InChI=1S/C33H35N5O4S/c1-19(30(40)41)16-20-8-11-23(12-9-20)35-31(42)33(14-5-15-33)37-29(39)22-10-13-24-26(17-22)38(2)28(25-18-43-32(34)36-25)27(24)21-6-3-4-7-21/h8-13,16-18,21H,3-7,14-15H2,1-2H3,(H2,34,36)(H,35,42)(H,37,39)(H,40,41)/b19-16+. The number of aliphatic carboxylic acids is 1. The van der Waals surface area contributed by atoms with Gasteiger partial charge in [0.25, 0.3) is 5.91 Å². The number of nitrogen functional groups attached to an aromatic ring is 1. The number of fused-ring (bicyclic) bond motifs is 1. The molecule has 9 nitrogen and oxygen atoms in total. The molecule has 2 aliphatic carbocycles. The monoisotopic (exact) mass is 597 g/mol. The molecule has 0 atom stereocenters. The summed E-state index contributed by atoms with van der Waals surface area (Å²) in [4.78, 5) is 42.7. The molecule has 2 aliphatic rings. The van der Waals surface area contributed by atoms with E-state index in [9.17, 15) is 14.4 Å². The summed E-state index contributed by atoms with van der Waals surface area (Å²) in [5, 5.41) is 18.7. The van der Waals surface area contributed by atoms with E-state index in [1.165, 1.54) is 36.7 Å². The lowest BCUT2D eigenvalue weighted by atomic mass is 9.75. The molecule has 222 valence electrons. The maximum atomic E-state index is 13.6. The van der Waals surface area contributed by atoms with Gasteiger partial charge in [-0.2, -0.15) is 0 Å². The Morgan fingerprint density at radius 1 is 1.09 bits per heavy atom. The highest BCUT2D eigenvalue weighted by Crippen LogP contribution is 2.45. The molecule has 2 aromatic carbocycles. The van der Waals surface area contributed by atoms with E-state index in [-0.39, 0.29) is 17.4 Å². The minimum atomic E-state index is -0.989. The second kappa shape index (κ2) is 11.3. The van der Waals surface area contributed by atoms with Gasteiger partial charge in [0, 0.05) is 40.2 Å². The van der Waals surface area contributed by atoms with E-state index in [1.54, 1.807) is 30.3 Å². The number of hydrogen-bond donors (Lipinski definition) is 4. The van der Waals surface area contributed by atoms with Gasteiger partial charge >= 0.3 is 5.97 Å². The lowest BCUT2D eigenvalue weighted by Gasteiger charge is -2.40. The lowest BCUT2D eigenvalue weighted by Crippen LogP contribution is -2.61. The van der Waals surface area contributed by atoms with Gasteiger partial charge < -0.3 is 26.0 Å². The zero-order chi connectivity index (χ0) is 30.3. The maximum absolute atomic E-state index is 13.6. The summed E-state index contributed by atoms with van der Waals surface area (Å²) in [6.07, 6.45) is 8.18. The van der Waals surface area contributed by atoms with Crippen LogP contribution in [0.2, 0.25) is 0 Å². The van der Waals surface area contributed by atoms with Crippen molar-refractivity contribution in [1.82, 2.24) is 14.9 Å². The highest BCUT2D eigenvalue weighted by atomic mass is 32.1. The molecule has 0 unspecified atom stereocenters. The Morgan fingerprint density at radius 2 is 1.81 bits per heavy atom. The molecule has 2 saturated carbocycles. The number of nitrogens with one attached hydrogen (secondary N) is 2. The Morgan fingerprint density at radius 3 is 2.42 bits per heavy atom. The number of nitrogens with zero attached hydrogens (tertiary/aromatic N) is 2. The topological polar surface area (TPSA) is 139 Å². The van der Waals surface area contributed by atoms with Crippen LogP contribution in [0, 0.1) is 0 Å². The van der Waals surface area contributed by atoms with Crippen molar-refractivity contribution >= 4 is 56.9 Å². The Balaban J connectivity index is 1.24. The molecule has 0 radical (unpaired) electrons. The van der Waals surface area contributed by atoms with E-state index >= 15 is 0 Å². The molecule has 10 heteroatoms. The largest absolute Gasteiger partial charge is 0.478 e. The maximum Gasteiger partial charge on any atom is 0.331 e. The fraction of sp³-hybridized carbons (Fsp3) is 0.333. The number of aryl methyl sites for hydroxylation is 1. The average molecular weight is 598 g/mol. The lowest BCUT2D eigenvalue weighted by molar-refractivity contribution is -0.132. The molecule has 0 bridgehead atoms. The van der Waals surface area contributed by atoms with Crippen LogP contribution in [0.25, 0.3) is 28.4 Å². The van der Waals surface area contributed by atoms with Gasteiger partial charge in [0.05, 0.1) is 5.69 Å². The van der Waals surface area contributed by atoms with Gasteiger partial charge in [-0.1, -0.05) is 31.0 Å². The molecular formula is C33H35N5O4S. The van der Waals surface area contributed by atoms with E-state index in [4.69, 9.17) is 10.8 Å². The van der Waals surface area contributed by atoms with E-state index < -0.39 is 11.5 Å². The number of thiazole rings is 1. The van der Waals surface area contributed by atoms with Crippen molar-refractivity contribution in [1.29, 1.82) is 0 Å². The van der Waals surface area contributed by atoms with Crippen molar-refractivity contribution in [3.63, 3.8) is 0 Å². The highest BCUT2D eigenvalue weighted by molar-refractivity contribution is 7.13. The quantitative estimate of drug-likeness (QED) is 0.175. The first kappa shape index (κ1) is 28.7. The van der Waals surface area contributed by atoms with E-state index in [1.807, 2.05) is 30.6 Å². The predicted molar refractivity (Wildman–Crippen MR) is 170 cm³/mol. The number of benzene rings is 2. The summed E-state index contributed by atoms with van der Waals surface area (Å²) in [6, 6.07) is 12.8. The first-order valence-electron chi connectivity index (χ1n) is 14.6. The first-order valence-corrected chi connectivity index (χ1v) is 15.5.